The van der Waals surface area contributed by atoms with E-state index in [0.29, 0.717) is 13.0 Å². The number of primary amides is 1. The standard InChI is InChI=1S/C24H38N2O6/c1-16(19(12-13-20(25)27)26-22(29)32-24(5,6)7)30-15-18-10-8-17(9-11-18)14-21(28)31-23(2,3)4/h8-11,16,19H,12-15H2,1-7H3,(H2,25,27)(H,26,29). The topological polar surface area (TPSA) is 117 Å². The fourth-order valence-corrected chi connectivity index (χ4v) is 2.82. The molecule has 1 aromatic carbocycles. The van der Waals surface area contributed by atoms with Crippen molar-refractivity contribution >= 4 is 18.0 Å². The van der Waals surface area contributed by atoms with Crippen LogP contribution in [0.5, 0.6) is 0 Å². The molecule has 32 heavy (non-hydrogen) atoms. The Labute approximate surface area is 191 Å². The highest BCUT2D eigenvalue weighted by Crippen LogP contribution is 2.14. The molecule has 0 aliphatic carbocycles. The third-order valence-electron chi connectivity index (χ3n) is 4.27. The van der Waals surface area contributed by atoms with Crippen molar-refractivity contribution in [2.75, 3.05) is 0 Å². The molecule has 1 rings (SSSR count). The van der Waals surface area contributed by atoms with E-state index in [1.807, 2.05) is 52.0 Å². The van der Waals surface area contributed by atoms with Crippen LogP contribution in [-0.4, -0.2) is 41.3 Å². The van der Waals surface area contributed by atoms with E-state index in [1.165, 1.54) is 0 Å². The fraction of sp³-hybridized carbons (Fsp3) is 0.625. The lowest BCUT2D eigenvalue weighted by molar-refractivity contribution is -0.153. The average molecular weight is 451 g/mol. The van der Waals surface area contributed by atoms with E-state index >= 15 is 0 Å². The number of alkyl carbamates (subject to hydrolysis) is 1. The van der Waals surface area contributed by atoms with Crippen LogP contribution in [0.4, 0.5) is 4.79 Å². The van der Waals surface area contributed by atoms with Crippen LogP contribution in [0.1, 0.15) is 72.4 Å². The summed E-state index contributed by atoms with van der Waals surface area (Å²) in [5.41, 5.74) is 5.88. The van der Waals surface area contributed by atoms with Gasteiger partial charge in [0.15, 0.2) is 0 Å². The number of esters is 1. The molecule has 0 spiro atoms. The quantitative estimate of drug-likeness (QED) is 0.526. The van der Waals surface area contributed by atoms with Crippen molar-refractivity contribution in [1.82, 2.24) is 5.32 Å². The summed E-state index contributed by atoms with van der Waals surface area (Å²) in [6.45, 7) is 13.0. The molecule has 1 aromatic rings. The van der Waals surface area contributed by atoms with E-state index in [1.54, 1.807) is 20.8 Å². The maximum atomic E-state index is 12.2. The molecule has 8 heteroatoms. The molecule has 0 saturated heterocycles. The van der Waals surface area contributed by atoms with E-state index in [0.717, 1.165) is 11.1 Å². The molecule has 0 bridgehead atoms. The second-order valence-corrected chi connectivity index (χ2v) is 9.85. The largest absolute Gasteiger partial charge is 0.460 e. The molecule has 0 aliphatic rings. The number of nitrogens with one attached hydrogen (secondary N) is 1. The summed E-state index contributed by atoms with van der Waals surface area (Å²) in [6, 6.07) is 7.04. The van der Waals surface area contributed by atoms with Crippen molar-refractivity contribution in [2.45, 2.75) is 97.7 Å². The van der Waals surface area contributed by atoms with Gasteiger partial charge in [-0.1, -0.05) is 24.3 Å². The Morgan fingerprint density at radius 1 is 0.938 bits per heavy atom. The molecule has 8 nitrogen and oxygen atoms in total. The van der Waals surface area contributed by atoms with Gasteiger partial charge in [-0.3, -0.25) is 9.59 Å². The summed E-state index contributed by atoms with van der Waals surface area (Å²) in [5, 5.41) is 2.77. The van der Waals surface area contributed by atoms with Gasteiger partial charge in [-0.2, -0.15) is 0 Å². The Balaban J connectivity index is 2.66. The summed E-state index contributed by atoms with van der Waals surface area (Å²) in [5.74, 6) is -0.727. The second-order valence-electron chi connectivity index (χ2n) is 9.85. The summed E-state index contributed by atoms with van der Waals surface area (Å²) >= 11 is 0. The summed E-state index contributed by atoms with van der Waals surface area (Å²) < 4.78 is 16.6. The molecule has 0 fully saturated rings. The van der Waals surface area contributed by atoms with Gasteiger partial charge in [-0.05, 0) is 66.0 Å². The molecule has 0 radical (unpaired) electrons. The number of ether oxygens (including phenoxy) is 3. The highest BCUT2D eigenvalue weighted by molar-refractivity contribution is 5.74. The third kappa shape index (κ3) is 12.3. The van der Waals surface area contributed by atoms with Crippen molar-refractivity contribution in [3.05, 3.63) is 35.4 Å². The maximum absolute atomic E-state index is 12.2. The van der Waals surface area contributed by atoms with Gasteiger partial charge in [0.25, 0.3) is 0 Å². The van der Waals surface area contributed by atoms with Crippen LogP contribution in [-0.2, 0) is 36.8 Å². The molecule has 3 N–H and O–H groups in total. The normalized spacial score (nSPS) is 13.7. The summed E-state index contributed by atoms with van der Waals surface area (Å²) in [4.78, 5) is 35.3. The molecule has 2 amide bonds. The van der Waals surface area contributed by atoms with Crippen molar-refractivity contribution < 1.29 is 28.6 Å². The van der Waals surface area contributed by atoms with Crippen LogP contribution in [0.2, 0.25) is 0 Å². The second kappa shape index (κ2) is 11.9. The monoisotopic (exact) mass is 450 g/mol. The van der Waals surface area contributed by atoms with Gasteiger partial charge < -0.3 is 25.3 Å². The molecule has 180 valence electrons. The van der Waals surface area contributed by atoms with Gasteiger partial charge in [0, 0.05) is 6.42 Å². The summed E-state index contributed by atoms with van der Waals surface area (Å²) in [6.07, 6.45) is -0.306. The summed E-state index contributed by atoms with van der Waals surface area (Å²) in [7, 11) is 0. The van der Waals surface area contributed by atoms with Gasteiger partial charge in [0.05, 0.1) is 25.2 Å². The zero-order valence-electron chi connectivity index (χ0n) is 20.3. The van der Waals surface area contributed by atoms with Crippen molar-refractivity contribution in [1.29, 1.82) is 0 Å². The number of rotatable bonds is 10. The van der Waals surface area contributed by atoms with Crippen molar-refractivity contribution in [3.8, 4) is 0 Å². The Bertz CT molecular complexity index is 762. The SMILES string of the molecule is CC(OCc1ccc(CC(=O)OC(C)(C)C)cc1)C(CCC(N)=O)NC(=O)OC(C)(C)C. The first-order chi connectivity index (χ1) is 14.6. The van der Waals surface area contributed by atoms with Crippen LogP contribution in [0, 0.1) is 0 Å². The zero-order chi connectivity index (χ0) is 24.5. The van der Waals surface area contributed by atoms with E-state index in [2.05, 4.69) is 5.32 Å². The molecule has 2 unspecified atom stereocenters. The molecule has 0 saturated carbocycles. The average Bonchev–Trinajstić information content (AvgIpc) is 2.61. The van der Waals surface area contributed by atoms with E-state index in [4.69, 9.17) is 19.9 Å². The minimum Gasteiger partial charge on any atom is -0.460 e. The van der Waals surface area contributed by atoms with Gasteiger partial charge in [0.1, 0.15) is 11.2 Å². The van der Waals surface area contributed by atoms with Crippen molar-refractivity contribution in [3.63, 3.8) is 0 Å². The van der Waals surface area contributed by atoms with Crippen LogP contribution >= 0.6 is 0 Å². The Hall–Kier alpha value is -2.61. The van der Waals surface area contributed by atoms with Gasteiger partial charge in [-0.25, -0.2) is 4.79 Å². The van der Waals surface area contributed by atoms with Gasteiger partial charge >= 0.3 is 12.1 Å². The lowest BCUT2D eigenvalue weighted by atomic mass is 10.1. The minimum absolute atomic E-state index is 0.119. The number of hydrogen-bond donors (Lipinski definition) is 2. The molecule has 0 aromatic heterocycles. The predicted molar refractivity (Wildman–Crippen MR) is 122 cm³/mol. The van der Waals surface area contributed by atoms with Crippen molar-refractivity contribution in [2.24, 2.45) is 5.73 Å². The molecule has 0 heterocycles. The first kappa shape index (κ1) is 27.4. The first-order valence-electron chi connectivity index (χ1n) is 10.8. The number of hydrogen-bond acceptors (Lipinski definition) is 6. The fourth-order valence-electron chi connectivity index (χ4n) is 2.82. The van der Waals surface area contributed by atoms with Gasteiger partial charge in [-0.15, -0.1) is 0 Å². The smallest absolute Gasteiger partial charge is 0.407 e. The lowest BCUT2D eigenvalue weighted by Crippen LogP contribution is -2.45. The number of benzene rings is 1. The third-order valence-corrected chi connectivity index (χ3v) is 4.27. The van der Waals surface area contributed by atoms with E-state index in [-0.39, 0.29) is 24.9 Å². The highest BCUT2D eigenvalue weighted by atomic mass is 16.6. The Morgan fingerprint density at radius 3 is 1.97 bits per heavy atom. The van der Waals surface area contributed by atoms with Crippen LogP contribution in [0.3, 0.4) is 0 Å². The Morgan fingerprint density at radius 2 is 1.47 bits per heavy atom. The number of carbonyl (C=O) groups excluding carboxylic acids is 3. The molecular weight excluding hydrogens is 412 g/mol. The Kier molecular flexibility index (Phi) is 10.2. The first-order valence-corrected chi connectivity index (χ1v) is 10.8. The molecule has 2 atom stereocenters. The van der Waals surface area contributed by atoms with E-state index in [9.17, 15) is 14.4 Å². The van der Waals surface area contributed by atoms with E-state index < -0.39 is 29.2 Å². The minimum atomic E-state index is -0.635. The van der Waals surface area contributed by atoms with Crippen LogP contribution < -0.4 is 11.1 Å². The predicted octanol–water partition coefficient (Wildman–Crippen LogP) is 3.63. The number of amides is 2. The number of carbonyl (C=O) groups is 3. The zero-order valence-corrected chi connectivity index (χ0v) is 20.3. The van der Waals surface area contributed by atoms with Crippen LogP contribution in [0.25, 0.3) is 0 Å². The molecular formula is C24H38N2O6. The highest BCUT2D eigenvalue weighted by Gasteiger charge is 2.24. The van der Waals surface area contributed by atoms with Gasteiger partial charge in [0.2, 0.25) is 5.91 Å². The lowest BCUT2D eigenvalue weighted by Gasteiger charge is -2.27. The number of nitrogens with two attached hydrogens (primary N) is 1. The molecule has 0 aliphatic heterocycles. The maximum Gasteiger partial charge on any atom is 0.407 e. The van der Waals surface area contributed by atoms with Crippen LogP contribution in [0.15, 0.2) is 24.3 Å².